The summed E-state index contributed by atoms with van der Waals surface area (Å²) in [5.41, 5.74) is 5.25. The third-order valence-corrected chi connectivity index (χ3v) is 3.75. The van der Waals surface area contributed by atoms with E-state index in [2.05, 4.69) is 5.32 Å². The van der Waals surface area contributed by atoms with Crippen molar-refractivity contribution in [2.45, 2.75) is 17.4 Å². The first kappa shape index (κ1) is 14.7. The molecule has 0 saturated carbocycles. The molecule has 0 spiro atoms. The number of hydrogen-bond donors (Lipinski definition) is 4. The maximum absolute atomic E-state index is 11.5. The van der Waals surface area contributed by atoms with Crippen LogP contribution in [-0.4, -0.2) is 43.6 Å². The Balaban J connectivity index is 3.21. The van der Waals surface area contributed by atoms with E-state index in [9.17, 15) is 18.6 Å². The molecule has 7 heteroatoms. The number of sulfone groups is 1. The van der Waals surface area contributed by atoms with Crippen molar-refractivity contribution in [2.24, 2.45) is 0 Å². The number of nitrogens with one attached hydrogen (secondary N) is 1. The van der Waals surface area contributed by atoms with Crippen LogP contribution in [-0.2, 0) is 9.84 Å². The average Bonchev–Trinajstić information content (AvgIpc) is 2.30. The fourth-order valence-corrected chi connectivity index (χ4v) is 2.27. The Bertz CT molecular complexity index is 524. The van der Waals surface area contributed by atoms with Crippen LogP contribution >= 0.6 is 0 Å². The van der Waals surface area contributed by atoms with Crippen molar-refractivity contribution in [1.82, 2.24) is 0 Å². The number of para-hydroxylation sites is 1. The minimum atomic E-state index is -3.42. The largest absolute Gasteiger partial charge is 0.396 e. The van der Waals surface area contributed by atoms with Gasteiger partial charge in [-0.1, -0.05) is 6.07 Å². The number of nitrogen functional groups attached to an aromatic ring is 1. The number of nitrogens with two attached hydrogens (primary N) is 1. The number of benzene rings is 1. The highest BCUT2D eigenvalue weighted by Crippen LogP contribution is 2.28. The Morgan fingerprint density at radius 3 is 2.33 bits per heavy atom. The highest BCUT2D eigenvalue weighted by atomic mass is 32.2. The Morgan fingerprint density at radius 2 is 1.89 bits per heavy atom. The third-order valence-electron chi connectivity index (χ3n) is 2.60. The number of rotatable bonds is 5. The van der Waals surface area contributed by atoms with Crippen LogP contribution in [0.3, 0.4) is 0 Å². The van der Waals surface area contributed by atoms with Crippen LogP contribution in [0, 0.1) is 0 Å². The molecule has 1 aromatic carbocycles. The minimum Gasteiger partial charge on any atom is -0.396 e. The second-order valence-electron chi connectivity index (χ2n) is 4.49. The lowest BCUT2D eigenvalue weighted by atomic mass is 10.0. The van der Waals surface area contributed by atoms with E-state index >= 15 is 0 Å². The molecule has 0 saturated heterocycles. The van der Waals surface area contributed by atoms with E-state index in [4.69, 9.17) is 5.73 Å². The molecule has 0 amide bonds. The van der Waals surface area contributed by atoms with Crippen LogP contribution < -0.4 is 11.1 Å². The number of aliphatic hydroxyl groups excluding tert-OH is 2. The molecular weight excluding hydrogens is 256 g/mol. The molecule has 18 heavy (non-hydrogen) atoms. The molecule has 0 aliphatic carbocycles. The molecule has 0 aliphatic rings. The molecule has 6 nitrogen and oxygen atoms in total. The van der Waals surface area contributed by atoms with E-state index in [1.54, 1.807) is 19.1 Å². The lowest BCUT2D eigenvalue weighted by Crippen LogP contribution is -2.42. The van der Waals surface area contributed by atoms with Crippen molar-refractivity contribution < 1.29 is 18.6 Å². The zero-order valence-electron chi connectivity index (χ0n) is 10.3. The van der Waals surface area contributed by atoms with Crippen molar-refractivity contribution in [2.75, 3.05) is 30.5 Å². The fourth-order valence-electron chi connectivity index (χ4n) is 1.43. The molecule has 102 valence electrons. The van der Waals surface area contributed by atoms with Crippen molar-refractivity contribution in [3.8, 4) is 0 Å². The standard InChI is InChI=1S/C11H18N2O4S/c1-11(6-14,7-15)13-8-4-3-5-9(10(8)12)18(2,16)17/h3-5,13-15H,6-7,12H2,1-2H3. The second kappa shape index (κ2) is 5.13. The Morgan fingerprint density at radius 1 is 1.33 bits per heavy atom. The van der Waals surface area contributed by atoms with E-state index in [0.717, 1.165) is 6.26 Å². The summed E-state index contributed by atoms with van der Waals surface area (Å²) < 4.78 is 23.0. The van der Waals surface area contributed by atoms with Crippen LogP contribution in [0.2, 0.25) is 0 Å². The monoisotopic (exact) mass is 274 g/mol. The summed E-state index contributed by atoms with van der Waals surface area (Å²) in [6.45, 7) is 0.970. The molecule has 5 N–H and O–H groups in total. The molecule has 1 rings (SSSR count). The zero-order chi connectivity index (χ0) is 14.0. The van der Waals surface area contributed by atoms with Gasteiger partial charge < -0.3 is 21.3 Å². The van der Waals surface area contributed by atoms with Crippen LogP contribution in [0.15, 0.2) is 23.1 Å². The smallest absolute Gasteiger partial charge is 0.177 e. The lowest BCUT2D eigenvalue weighted by molar-refractivity contribution is 0.147. The Labute approximate surface area is 106 Å². The van der Waals surface area contributed by atoms with Gasteiger partial charge in [-0.2, -0.15) is 0 Å². The van der Waals surface area contributed by atoms with Gasteiger partial charge in [0, 0.05) is 6.26 Å². The van der Waals surface area contributed by atoms with Crippen LogP contribution in [0.25, 0.3) is 0 Å². The van der Waals surface area contributed by atoms with Gasteiger partial charge in [0.15, 0.2) is 9.84 Å². The predicted molar refractivity (Wildman–Crippen MR) is 70.2 cm³/mol. The highest BCUT2D eigenvalue weighted by Gasteiger charge is 2.24. The molecule has 0 unspecified atom stereocenters. The first-order valence-electron chi connectivity index (χ1n) is 5.32. The molecule has 0 bridgehead atoms. The van der Waals surface area contributed by atoms with Gasteiger partial charge in [0.05, 0.1) is 35.0 Å². The van der Waals surface area contributed by atoms with Gasteiger partial charge in [-0.15, -0.1) is 0 Å². The van der Waals surface area contributed by atoms with Gasteiger partial charge in [0.25, 0.3) is 0 Å². The van der Waals surface area contributed by atoms with Gasteiger partial charge >= 0.3 is 0 Å². The first-order valence-corrected chi connectivity index (χ1v) is 7.21. The van der Waals surface area contributed by atoms with Crippen LogP contribution in [0.5, 0.6) is 0 Å². The van der Waals surface area contributed by atoms with Gasteiger partial charge in [-0.25, -0.2) is 8.42 Å². The minimum absolute atomic E-state index is 0.0192. The van der Waals surface area contributed by atoms with Crippen LogP contribution in [0.1, 0.15) is 6.92 Å². The molecular formula is C11H18N2O4S. The van der Waals surface area contributed by atoms with Crippen molar-refractivity contribution >= 4 is 21.2 Å². The molecule has 0 fully saturated rings. The number of anilines is 2. The van der Waals surface area contributed by atoms with E-state index in [-0.39, 0.29) is 23.8 Å². The maximum Gasteiger partial charge on any atom is 0.177 e. The average molecular weight is 274 g/mol. The van der Waals surface area contributed by atoms with E-state index in [0.29, 0.717) is 5.69 Å². The summed E-state index contributed by atoms with van der Waals surface area (Å²) in [7, 11) is -3.42. The van der Waals surface area contributed by atoms with Crippen LogP contribution in [0.4, 0.5) is 11.4 Å². The van der Waals surface area contributed by atoms with Crippen molar-refractivity contribution in [3.63, 3.8) is 0 Å². The summed E-state index contributed by atoms with van der Waals surface area (Å²) >= 11 is 0. The lowest BCUT2D eigenvalue weighted by Gasteiger charge is -2.28. The second-order valence-corrected chi connectivity index (χ2v) is 6.48. The zero-order valence-corrected chi connectivity index (χ0v) is 11.2. The summed E-state index contributed by atoms with van der Waals surface area (Å²) in [5, 5.41) is 21.2. The van der Waals surface area contributed by atoms with Gasteiger partial charge in [0.2, 0.25) is 0 Å². The van der Waals surface area contributed by atoms with E-state index in [1.807, 2.05) is 0 Å². The molecule has 0 aromatic heterocycles. The molecule has 0 heterocycles. The Hall–Kier alpha value is -1.31. The molecule has 1 aromatic rings. The number of aliphatic hydroxyl groups is 2. The van der Waals surface area contributed by atoms with Gasteiger partial charge in [-0.3, -0.25) is 0 Å². The molecule has 0 aliphatic heterocycles. The number of hydrogen-bond acceptors (Lipinski definition) is 6. The van der Waals surface area contributed by atoms with Crippen molar-refractivity contribution in [3.05, 3.63) is 18.2 Å². The highest BCUT2D eigenvalue weighted by molar-refractivity contribution is 7.90. The van der Waals surface area contributed by atoms with Gasteiger partial charge in [-0.05, 0) is 19.1 Å². The molecule has 0 radical (unpaired) electrons. The summed E-state index contributed by atoms with van der Waals surface area (Å²) in [6.07, 6.45) is 1.07. The van der Waals surface area contributed by atoms with E-state index in [1.165, 1.54) is 6.07 Å². The third kappa shape index (κ3) is 3.12. The summed E-state index contributed by atoms with van der Waals surface area (Å²) in [5.74, 6) is 0. The normalized spacial score (nSPS) is 12.4. The fraction of sp³-hybridized carbons (Fsp3) is 0.455. The topological polar surface area (TPSA) is 113 Å². The quantitative estimate of drug-likeness (QED) is 0.554. The SMILES string of the molecule is CC(CO)(CO)Nc1cccc(S(C)(=O)=O)c1N. The maximum atomic E-state index is 11.5. The van der Waals surface area contributed by atoms with Gasteiger partial charge in [0.1, 0.15) is 0 Å². The predicted octanol–water partition coefficient (Wildman–Crippen LogP) is -0.172. The first-order chi connectivity index (χ1) is 8.23. The van der Waals surface area contributed by atoms with E-state index < -0.39 is 15.4 Å². The molecule has 0 atom stereocenters. The van der Waals surface area contributed by atoms with Crippen molar-refractivity contribution in [1.29, 1.82) is 0 Å². The summed E-state index contributed by atoms with van der Waals surface area (Å²) in [6, 6.07) is 4.54. The Kier molecular flexibility index (Phi) is 4.20. The summed E-state index contributed by atoms with van der Waals surface area (Å²) in [4.78, 5) is 0.0192.